The molecular weight excluding hydrogens is 354 g/mol. The van der Waals surface area contributed by atoms with Crippen molar-refractivity contribution in [2.45, 2.75) is 13.3 Å². The van der Waals surface area contributed by atoms with Gasteiger partial charge in [0, 0.05) is 10.9 Å². The minimum Gasteiger partial charge on any atom is -0.290 e. The minimum atomic E-state index is 0.661. The topological polar surface area (TPSA) is 41.6 Å². The fourth-order valence-corrected chi connectivity index (χ4v) is 4.07. The average molecular weight is 373 g/mol. The first-order valence-corrected chi connectivity index (χ1v) is 9.80. The van der Waals surface area contributed by atoms with Gasteiger partial charge in [-0.1, -0.05) is 79.7 Å². The van der Waals surface area contributed by atoms with E-state index in [9.17, 15) is 5.26 Å². The second kappa shape index (κ2) is 6.92. The van der Waals surface area contributed by atoms with E-state index in [-0.39, 0.29) is 0 Å². The SMILES string of the molecule is CCc1cccc(C#N)c1-n1c(-c2ccccc2)nc2ccc3ccccc3c21. The molecule has 1 aromatic heterocycles. The summed E-state index contributed by atoms with van der Waals surface area (Å²) in [7, 11) is 0. The molecular formula is C26H19N3. The smallest absolute Gasteiger partial charge is 0.145 e. The number of nitriles is 1. The van der Waals surface area contributed by atoms with Crippen LogP contribution in [0.15, 0.2) is 84.9 Å². The van der Waals surface area contributed by atoms with Crippen LogP contribution in [0.5, 0.6) is 0 Å². The van der Waals surface area contributed by atoms with Gasteiger partial charge in [0.25, 0.3) is 0 Å². The van der Waals surface area contributed by atoms with Crippen LogP contribution in [0, 0.1) is 11.3 Å². The second-order valence-corrected chi connectivity index (χ2v) is 7.07. The van der Waals surface area contributed by atoms with Gasteiger partial charge in [-0.15, -0.1) is 0 Å². The van der Waals surface area contributed by atoms with Crippen molar-refractivity contribution in [3.05, 3.63) is 96.1 Å². The summed E-state index contributed by atoms with van der Waals surface area (Å²) in [4.78, 5) is 5.01. The van der Waals surface area contributed by atoms with Gasteiger partial charge in [0.05, 0.1) is 22.3 Å². The number of imidazole rings is 1. The Bertz CT molecular complexity index is 1390. The van der Waals surface area contributed by atoms with E-state index in [1.54, 1.807) is 0 Å². The Morgan fingerprint density at radius 2 is 1.66 bits per heavy atom. The van der Waals surface area contributed by atoms with Crippen LogP contribution in [-0.2, 0) is 6.42 Å². The predicted octanol–water partition coefficient (Wildman–Crippen LogP) is 6.28. The van der Waals surface area contributed by atoms with E-state index < -0.39 is 0 Å². The molecule has 0 aliphatic heterocycles. The lowest BCUT2D eigenvalue weighted by Crippen LogP contribution is -2.05. The lowest BCUT2D eigenvalue weighted by Gasteiger charge is -2.16. The molecule has 0 spiro atoms. The van der Waals surface area contributed by atoms with Crippen molar-refractivity contribution in [3.8, 4) is 23.1 Å². The minimum absolute atomic E-state index is 0.661. The van der Waals surface area contributed by atoms with Crippen LogP contribution in [0.2, 0.25) is 0 Å². The Balaban J connectivity index is 2.02. The third-order valence-electron chi connectivity index (χ3n) is 5.42. The van der Waals surface area contributed by atoms with Crippen LogP contribution < -0.4 is 0 Å². The first kappa shape index (κ1) is 17.2. The first-order valence-electron chi connectivity index (χ1n) is 9.80. The van der Waals surface area contributed by atoms with E-state index in [1.165, 1.54) is 0 Å². The van der Waals surface area contributed by atoms with Crippen molar-refractivity contribution < 1.29 is 0 Å². The second-order valence-electron chi connectivity index (χ2n) is 7.07. The van der Waals surface area contributed by atoms with Gasteiger partial charge in [-0.2, -0.15) is 5.26 Å². The number of benzene rings is 4. The number of rotatable bonds is 3. The summed E-state index contributed by atoms with van der Waals surface area (Å²) >= 11 is 0. The molecule has 3 heteroatoms. The van der Waals surface area contributed by atoms with Gasteiger partial charge in [-0.25, -0.2) is 4.98 Å². The molecule has 4 aromatic carbocycles. The average Bonchev–Trinajstić information content (AvgIpc) is 3.18. The molecule has 0 saturated heterocycles. The molecule has 0 atom stereocenters. The van der Waals surface area contributed by atoms with Crippen LogP contribution in [0.3, 0.4) is 0 Å². The van der Waals surface area contributed by atoms with Crippen LogP contribution in [0.25, 0.3) is 38.9 Å². The molecule has 0 aliphatic rings. The number of aromatic nitrogens is 2. The summed E-state index contributed by atoms with van der Waals surface area (Å²) in [6, 6.07) is 31.1. The number of fused-ring (bicyclic) bond motifs is 3. The molecule has 5 rings (SSSR count). The Kier molecular flexibility index (Phi) is 4.11. The van der Waals surface area contributed by atoms with E-state index in [4.69, 9.17) is 4.98 Å². The van der Waals surface area contributed by atoms with Crippen molar-refractivity contribution in [2.75, 3.05) is 0 Å². The van der Waals surface area contributed by atoms with Crippen molar-refractivity contribution >= 4 is 21.8 Å². The number of para-hydroxylation sites is 1. The van der Waals surface area contributed by atoms with Gasteiger partial charge in [0.1, 0.15) is 11.9 Å². The molecule has 0 amide bonds. The lowest BCUT2D eigenvalue weighted by molar-refractivity contribution is 1.03. The quantitative estimate of drug-likeness (QED) is 0.373. The van der Waals surface area contributed by atoms with Gasteiger partial charge >= 0.3 is 0 Å². The summed E-state index contributed by atoms with van der Waals surface area (Å²) < 4.78 is 2.18. The molecule has 138 valence electrons. The molecule has 1 heterocycles. The summed E-state index contributed by atoms with van der Waals surface area (Å²) in [5, 5.41) is 12.2. The molecule has 0 radical (unpaired) electrons. The Labute approximate surface area is 169 Å². The largest absolute Gasteiger partial charge is 0.290 e. The zero-order chi connectivity index (χ0) is 19.8. The van der Waals surface area contributed by atoms with E-state index in [2.05, 4.69) is 66.1 Å². The summed E-state index contributed by atoms with van der Waals surface area (Å²) in [6.07, 6.45) is 0.837. The molecule has 0 fully saturated rings. The molecule has 0 bridgehead atoms. The van der Waals surface area contributed by atoms with Gasteiger partial charge in [0.15, 0.2) is 0 Å². The van der Waals surface area contributed by atoms with Crippen molar-refractivity contribution in [1.29, 1.82) is 5.26 Å². The maximum Gasteiger partial charge on any atom is 0.145 e. The Morgan fingerprint density at radius 3 is 2.45 bits per heavy atom. The highest BCUT2D eigenvalue weighted by Gasteiger charge is 2.20. The monoisotopic (exact) mass is 373 g/mol. The molecule has 0 unspecified atom stereocenters. The van der Waals surface area contributed by atoms with Crippen LogP contribution in [-0.4, -0.2) is 9.55 Å². The zero-order valence-corrected chi connectivity index (χ0v) is 16.1. The number of nitrogens with zero attached hydrogens (tertiary/aromatic N) is 3. The molecule has 0 N–H and O–H groups in total. The van der Waals surface area contributed by atoms with Gasteiger partial charge in [0.2, 0.25) is 0 Å². The Morgan fingerprint density at radius 1 is 0.862 bits per heavy atom. The summed E-state index contributed by atoms with van der Waals surface area (Å²) in [6.45, 7) is 2.12. The van der Waals surface area contributed by atoms with Crippen molar-refractivity contribution in [2.24, 2.45) is 0 Å². The fourth-order valence-electron chi connectivity index (χ4n) is 4.07. The zero-order valence-electron chi connectivity index (χ0n) is 16.1. The maximum atomic E-state index is 9.90. The third-order valence-corrected chi connectivity index (χ3v) is 5.42. The van der Waals surface area contributed by atoms with Gasteiger partial charge < -0.3 is 0 Å². The van der Waals surface area contributed by atoms with Crippen LogP contribution >= 0.6 is 0 Å². The molecule has 0 saturated carbocycles. The highest BCUT2D eigenvalue weighted by Crippen LogP contribution is 2.35. The highest BCUT2D eigenvalue weighted by molar-refractivity contribution is 6.06. The lowest BCUT2D eigenvalue weighted by atomic mass is 10.0. The van der Waals surface area contributed by atoms with Crippen LogP contribution in [0.1, 0.15) is 18.1 Å². The summed E-state index contributed by atoms with van der Waals surface area (Å²) in [5.41, 5.74) is 5.72. The van der Waals surface area contributed by atoms with E-state index in [0.717, 1.165) is 50.9 Å². The summed E-state index contributed by atoms with van der Waals surface area (Å²) in [5.74, 6) is 0.856. The molecule has 5 aromatic rings. The van der Waals surface area contributed by atoms with Gasteiger partial charge in [-0.05, 0) is 29.5 Å². The van der Waals surface area contributed by atoms with E-state index in [0.29, 0.717) is 5.56 Å². The molecule has 3 nitrogen and oxygen atoms in total. The van der Waals surface area contributed by atoms with Crippen molar-refractivity contribution in [3.63, 3.8) is 0 Å². The standard InChI is InChI=1S/C26H19N3/c1-2-18-12-8-13-21(17-27)24(18)29-25-22-14-7-6-9-19(22)15-16-23(25)28-26(29)20-10-4-3-5-11-20/h3-16H,2H2,1H3. The van der Waals surface area contributed by atoms with Crippen molar-refractivity contribution in [1.82, 2.24) is 9.55 Å². The first-order chi connectivity index (χ1) is 14.3. The van der Waals surface area contributed by atoms with Gasteiger partial charge in [-0.3, -0.25) is 4.57 Å². The number of hydrogen-bond acceptors (Lipinski definition) is 2. The molecule has 0 aliphatic carbocycles. The normalized spacial score (nSPS) is 11.0. The Hall–Kier alpha value is -3.90. The number of aryl methyl sites for hydroxylation is 1. The highest BCUT2D eigenvalue weighted by atomic mass is 15.1. The third kappa shape index (κ3) is 2.69. The molecule has 29 heavy (non-hydrogen) atoms. The maximum absolute atomic E-state index is 9.90. The van der Waals surface area contributed by atoms with E-state index >= 15 is 0 Å². The number of hydrogen-bond donors (Lipinski definition) is 0. The fraction of sp³-hybridized carbons (Fsp3) is 0.0769. The van der Waals surface area contributed by atoms with E-state index in [1.807, 2.05) is 36.4 Å². The predicted molar refractivity (Wildman–Crippen MR) is 118 cm³/mol. The van der Waals surface area contributed by atoms with Crippen LogP contribution in [0.4, 0.5) is 0 Å².